The van der Waals surface area contributed by atoms with Gasteiger partial charge < -0.3 is 10.4 Å². The van der Waals surface area contributed by atoms with E-state index in [-0.39, 0.29) is 6.42 Å². The number of carbonyl (C=O) groups is 1. The molecule has 6 nitrogen and oxygen atoms in total. The first-order valence-electron chi connectivity index (χ1n) is 5.35. The van der Waals surface area contributed by atoms with Crippen molar-refractivity contribution in [1.82, 2.24) is 15.2 Å². The Labute approximate surface area is 94.1 Å². The Hall–Kier alpha value is -1.72. The van der Waals surface area contributed by atoms with Crippen molar-refractivity contribution in [3.8, 4) is 0 Å². The molecule has 16 heavy (non-hydrogen) atoms. The van der Waals surface area contributed by atoms with Crippen LogP contribution < -0.4 is 5.32 Å². The summed E-state index contributed by atoms with van der Waals surface area (Å²) in [6.07, 6.45) is 1.64. The first kappa shape index (κ1) is 12.4. The lowest BCUT2D eigenvalue weighted by atomic mass is 10.2. The van der Waals surface area contributed by atoms with Gasteiger partial charge in [-0.2, -0.15) is 5.10 Å². The summed E-state index contributed by atoms with van der Waals surface area (Å²) in [6.45, 7) is 4.32. The van der Waals surface area contributed by atoms with E-state index in [1.54, 1.807) is 0 Å². The van der Waals surface area contributed by atoms with E-state index in [9.17, 15) is 4.79 Å². The number of carboxylic acids is 1. The number of anilines is 1. The Bertz CT molecular complexity index is 368. The van der Waals surface area contributed by atoms with Crippen LogP contribution in [0.25, 0.3) is 0 Å². The van der Waals surface area contributed by atoms with E-state index in [2.05, 4.69) is 20.5 Å². The van der Waals surface area contributed by atoms with Gasteiger partial charge in [-0.25, -0.2) is 4.98 Å². The normalized spacial score (nSPS) is 10.1. The number of hydrogen-bond donors (Lipinski definition) is 2. The number of aliphatic carboxylic acids is 1. The van der Waals surface area contributed by atoms with Gasteiger partial charge in [0.1, 0.15) is 0 Å². The van der Waals surface area contributed by atoms with Crippen LogP contribution in [0.3, 0.4) is 0 Å². The number of carboxylic acid groups (broad SMARTS) is 1. The van der Waals surface area contributed by atoms with Gasteiger partial charge in [0.15, 0.2) is 0 Å². The molecule has 0 radical (unpaired) electrons. The second-order valence-corrected chi connectivity index (χ2v) is 3.31. The third kappa shape index (κ3) is 3.45. The van der Waals surface area contributed by atoms with Crippen molar-refractivity contribution in [2.45, 2.75) is 33.1 Å². The predicted octanol–water partition coefficient (Wildman–Crippen LogP) is 0.883. The fourth-order valence-electron chi connectivity index (χ4n) is 1.29. The maximum atomic E-state index is 10.3. The average molecular weight is 224 g/mol. The van der Waals surface area contributed by atoms with Gasteiger partial charge in [-0.3, -0.25) is 4.79 Å². The summed E-state index contributed by atoms with van der Waals surface area (Å²) in [6, 6.07) is 0. The molecule has 2 N–H and O–H groups in total. The zero-order valence-corrected chi connectivity index (χ0v) is 9.53. The highest BCUT2D eigenvalue weighted by atomic mass is 16.4. The van der Waals surface area contributed by atoms with Gasteiger partial charge in [0.25, 0.3) is 0 Å². The zero-order chi connectivity index (χ0) is 12.0. The smallest absolute Gasteiger partial charge is 0.305 e. The second-order valence-electron chi connectivity index (χ2n) is 3.31. The number of aromatic nitrogens is 3. The predicted molar refractivity (Wildman–Crippen MR) is 59.3 cm³/mol. The lowest BCUT2D eigenvalue weighted by Gasteiger charge is -2.06. The number of hydrogen-bond acceptors (Lipinski definition) is 5. The molecular formula is C10H16N4O2. The van der Waals surface area contributed by atoms with Crippen LogP contribution in [0.1, 0.15) is 31.7 Å². The second kappa shape index (κ2) is 5.99. The fraction of sp³-hybridized carbons (Fsp3) is 0.600. The van der Waals surface area contributed by atoms with Crippen molar-refractivity contribution in [3.05, 3.63) is 11.4 Å². The molecular weight excluding hydrogens is 208 g/mol. The summed E-state index contributed by atoms with van der Waals surface area (Å²) < 4.78 is 0. The van der Waals surface area contributed by atoms with Crippen molar-refractivity contribution in [3.63, 3.8) is 0 Å². The molecule has 1 rings (SSSR count). The molecule has 0 unspecified atom stereocenters. The minimum Gasteiger partial charge on any atom is -0.481 e. The minimum absolute atomic E-state index is 0.0420. The van der Waals surface area contributed by atoms with E-state index in [4.69, 9.17) is 5.11 Å². The molecule has 0 aliphatic heterocycles. The van der Waals surface area contributed by atoms with Crippen LogP contribution in [0.15, 0.2) is 0 Å². The highest BCUT2D eigenvalue weighted by Gasteiger charge is 2.05. The van der Waals surface area contributed by atoms with Gasteiger partial charge in [0.2, 0.25) is 5.95 Å². The Morgan fingerprint density at radius 3 is 2.50 bits per heavy atom. The van der Waals surface area contributed by atoms with Crippen molar-refractivity contribution in [1.29, 1.82) is 0 Å². The molecule has 0 saturated carbocycles. The summed E-state index contributed by atoms with van der Waals surface area (Å²) in [7, 11) is 0. The van der Waals surface area contributed by atoms with Crippen molar-refractivity contribution < 1.29 is 9.90 Å². The third-order valence-corrected chi connectivity index (χ3v) is 2.13. The molecule has 1 heterocycles. The van der Waals surface area contributed by atoms with Crippen molar-refractivity contribution >= 4 is 11.9 Å². The topological polar surface area (TPSA) is 88.0 Å². The van der Waals surface area contributed by atoms with Gasteiger partial charge in [-0.15, -0.1) is 5.10 Å². The molecule has 0 atom stereocenters. The van der Waals surface area contributed by atoms with Crippen molar-refractivity contribution in [2.75, 3.05) is 11.9 Å². The van der Waals surface area contributed by atoms with Crippen molar-refractivity contribution in [2.24, 2.45) is 0 Å². The first-order chi connectivity index (χ1) is 7.67. The largest absolute Gasteiger partial charge is 0.481 e. The van der Waals surface area contributed by atoms with Crippen LogP contribution in [0.5, 0.6) is 0 Å². The Kier molecular flexibility index (Phi) is 4.63. The standard InChI is InChI=1S/C10H16N4O2/c1-3-7-8(4-2)13-14-10(12-7)11-6-5-9(15)16/h3-6H2,1-2H3,(H,15,16)(H,11,12,14). The van der Waals surface area contributed by atoms with Crippen LogP contribution in [-0.4, -0.2) is 32.8 Å². The summed E-state index contributed by atoms with van der Waals surface area (Å²) in [4.78, 5) is 14.6. The lowest BCUT2D eigenvalue weighted by Crippen LogP contribution is -2.12. The molecule has 88 valence electrons. The maximum absolute atomic E-state index is 10.3. The molecule has 0 aromatic carbocycles. The number of aryl methyl sites for hydroxylation is 2. The van der Waals surface area contributed by atoms with E-state index in [1.807, 2.05) is 13.8 Å². The average Bonchev–Trinajstić information content (AvgIpc) is 2.28. The van der Waals surface area contributed by atoms with Gasteiger partial charge in [-0.05, 0) is 12.8 Å². The van der Waals surface area contributed by atoms with Crippen LogP contribution in [0.2, 0.25) is 0 Å². The van der Waals surface area contributed by atoms with Gasteiger partial charge >= 0.3 is 5.97 Å². The highest BCUT2D eigenvalue weighted by Crippen LogP contribution is 2.06. The molecule has 0 amide bonds. The Morgan fingerprint density at radius 2 is 1.94 bits per heavy atom. The first-order valence-corrected chi connectivity index (χ1v) is 5.35. The fourth-order valence-corrected chi connectivity index (χ4v) is 1.29. The summed E-state index contributed by atoms with van der Waals surface area (Å²) in [5.41, 5.74) is 1.81. The van der Waals surface area contributed by atoms with Crippen LogP contribution in [0, 0.1) is 0 Å². The summed E-state index contributed by atoms with van der Waals surface area (Å²) >= 11 is 0. The molecule has 0 fully saturated rings. The van der Waals surface area contributed by atoms with Gasteiger partial charge in [0.05, 0.1) is 17.8 Å². The molecule has 1 aromatic heterocycles. The summed E-state index contributed by atoms with van der Waals surface area (Å²) in [5, 5.41) is 19.2. The van der Waals surface area contributed by atoms with E-state index < -0.39 is 5.97 Å². The van der Waals surface area contributed by atoms with E-state index in [0.29, 0.717) is 12.5 Å². The molecule has 1 aromatic rings. The van der Waals surface area contributed by atoms with Gasteiger partial charge in [-0.1, -0.05) is 13.8 Å². The molecule has 0 saturated heterocycles. The van der Waals surface area contributed by atoms with E-state index in [1.165, 1.54) is 0 Å². The molecule has 0 aliphatic carbocycles. The van der Waals surface area contributed by atoms with E-state index >= 15 is 0 Å². The minimum atomic E-state index is -0.846. The third-order valence-electron chi connectivity index (χ3n) is 2.13. The Morgan fingerprint density at radius 1 is 1.25 bits per heavy atom. The highest BCUT2D eigenvalue weighted by molar-refractivity contribution is 5.67. The van der Waals surface area contributed by atoms with E-state index in [0.717, 1.165) is 24.2 Å². The summed E-state index contributed by atoms with van der Waals surface area (Å²) in [5.74, 6) is -0.448. The van der Waals surface area contributed by atoms with Crippen LogP contribution in [0.4, 0.5) is 5.95 Å². The molecule has 0 bridgehead atoms. The molecule has 0 aliphatic rings. The number of nitrogens with zero attached hydrogens (tertiary/aromatic N) is 3. The number of nitrogens with one attached hydrogen (secondary N) is 1. The molecule has 6 heteroatoms. The SMILES string of the molecule is CCc1nnc(NCCC(=O)O)nc1CC. The zero-order valence-electron chi connectivity index (χ0n) is 9.53. The van der Waals surface area contributed by atoms with Crippen LogP contribution in [-0.2, 0) is 17.6 Å². The maximum Gasteiger partial charge on any atom is 0.305 e. The van der Waals surface area contributed by atoms with Crippen LogP contribution >= 0.6 is 0 Å². The molecule has 0 spiro atoms. The Balaban J connectivity index is 2.64. The quantitative estimate of drug-likeness (QED) is 0.745. The number of rotatable bonds is 6. The van der Waals surface area contributed by atoms with Gasteiger partial charge in [0, 0.05) is 6.54 Å². The lowest BCUT2D eigenvalue weighted by molar-refractivity contribution is -0.136. The monoisotopic (exact) mass is 224 g/mol.